The number of azide groups is 1. The summed E-state index contributed by atoms with van der Waals surface area (Å²) >= 11 is 0. The van der Waals surface area contributed by atoms with Gasteiger partial charge in [0.1, 0.15) is 5.70 Å². The van der Waals surface area contributed by atoms with Crippen LogP contribution < -0.4 is 5.32 Å². The van der Waals surface area contributed by atoms with Gasteiger partial charge in [-0.3, -0.25) is 4.79 Å². The molecule has 1 aromatic rings. The molecule has 0 aliphatic heterocycles. The number of benzene rings is 1. The van der Waals surface area contributed by atoms with Crippen LogP contribution in [0.25, 0.3) is 16.5 Å². The van der Waals surface area contributed by atoms with Crippen LogP contribution in [0.2, 0.25) is 0 Å². The molecular weight excluding hydrogens is 236 g/mol. The number of nitrogens with zero attached hydrogens (tertiary/aromatic N) is 3. The molecule has 1 aromatic carbocycles. The summed E-state index contributed by atoms with van der Waals surface area (Å²) in [5.74, 6) is -1.50. The third-order valence-electron chi connectivity index (χ3n) is 1.91. The molecular formula is C11H10N4O3. The van der Waals surface area contributed by atoms with Crippen LogP contribution in [0.15, 0.2) is 35.1 Å². The van der Waals surface area contributed by atoms with Gasteiger partial charge < -0.3 is 10.4 Å². The molecule has 0 heterocycles. The van der Waals surface area contributed by atoms with Crippen molar-refractivity contribution in [1.82, 2.24) is 0 Å². The first-order chi connectivity index (χ1) is 8.52. The summed E-state index contributed by atoms with van der Waals surface area (Å²) < 4.78 is 0. The highest BCUT2D eigenvalue weighted by atomic mass is 16.4. The molecule has 1 rings (SSSR count). The van der Waals surface area contributed by atoms with Crippen molar-refractivity contribution in [3.63, 3.8) is 0 Å². The Morgan fingerprint density at radius 3 is 2.44 bits per heavy atom. The van der Waals surface area contributed by atoms with Crippen LogP contribution in [0.1, 0.15) is 12.5 Å². The Hall–Kier alpha value is -2.79. The minimum atomic E-state index is -1.31. The van der Waals surface area contributed by atoms with Gasteiger partial charge in [-0.05, 0) is 29.3 Å². The first-order valence-corrected chi connectivity index (χ1v) is 4.90. The Morgan fingerprint density at radius 1 is 1.39 bits per heavy atom. The SMILES string of the molecule is CC(=O)Nc1ccc(/C=C(/N=[N+]=[N-])C(=O)O)cc1. The lowest BCUT2D eigenvalue weighted by molar-refractivity contribution is -0.132. The average Bonchev–Trinajstić information content (AvgIpc) is 2.30. The van der Waals surface area contributed by atoms with Crippen molar-refractivity contribution in [2.24, 2.45) is 5.11 Å². The van der Waals surface area contributed by atoms with Crippen molar-refractivity contribution in [3.05, 3.63) is 46.0 Å². The molecule has 2 N–H and O–H groups in total. The summed E-state index contributed by atoms with van der Waals surface area (Å²) in [6, 6.07) is 6.42. The molecule has 1 amide bonds. The molecule has 0 fully saturated rings. The fourth-order valence-corrected chi connectivity index (χ4v) is 1.21. The van der Waals surface area contributed by atoms with Crippen LogP contribution in [0.3, 0.4) is 0 Å². The predicted molar refractivity (Wildman–Crippen MR) is 65.5 cm³/mol. The first kappa shape index (κ1) is 13.3. The van der Waals surface area contributed by atoms with Crippen LogP contribution in [0.5, 0.6) is 0 Å². The van der Waals surface area contributed by atoms with Crippen LogP contribution in [0, 0.1) is 0 Å². The summed E-state index contributed by atoms with van der Waals surface area (Å²) in [5, 5.41) is 14.4. The lowest BCUT2D eigenvalue weighted by Crippen LogP contribution is -2.05. The van der Waals surface area contributed by atoms with E-state index in [9.17, 15) is 9.59 Å². The second-order valence-corrected chi connectivity index (χ2v) is 3.33. The largest absolute Gasteiger partial charge is 0.478 e. The highest BCUT2D eigenvalue weighted by Gasteiger charge is 2.04. The number of carbonyl (C=O) groups excluding carboxylic acids is 1. The predicted octanol–water partition coefficient (Wildman–Crippen LogP) is 2.38. The zero-order valence-corrected chi connectivity index (χ0v) is 9.49. The molecule has 0 aliphatic carbocycles. The van der Waals surface area contributed by atoms with Crippen LogP contribution >= 0.6 is 0 Å². The Bertz CT molecular complexity index is 538. The van der Waals surface area contributed by atoms with E-state index in [1.165, 1.54) is 13.0 Å². The van der Waals surface area contributed by atoms with E-state index < -0.39 is 11.7 Å². The Morgan fingerprint density at radius 2 is 2.00 bits per heavy atom. The van der Waals surface area contributed by atoms with E-state index >= 15 is 0 Å². The monoisotopic (exact) mass is 246 g/mol. The maximum absolute atomic E-state index is 10.8. The molecule has 0 bridgehead atoms. The van der Waals surface area contributed by atoms with Gasteiger partial charge in [0.25, 0.3) is 0 Å². The normalized spacial score (nSPS) is 10.4. The summed E-state index contributed by atoms with van der Waals surface area (Å²) in [6.45, 7) is 1.39. The molecule has 0 radical (unpaired) electrons. The molecule has 7 nitrogen and oxygen atoms in total. The molecule has 0 unspecified atom stereocenters. The summed E-state index contributed by atoms with van der Waals surface area (Å²) in [6.07, 6.45) is 1.24. The molecule has 0 aromatic heterocycles. The smallest absolute Gasteiger partial charge is 0.338 e. The van der Waals surface area contributed by atoms with Gasteiger partial charge in [0.05, 0.1) is 0 Å². The fraction of sp³-hybridized carbons (Fsp3) is 0.0909. The van der Waals surface area contributed by atoms with Crippen LogP contribution in [0.4, 0.5) is 5.69 Å². The van der Waals surface area contributed by atoms with Gasteiger partial charge in [-0.15, -0.1) is 0 Å². The molecule has 7 heteroatoms. The maximum Gasteiger partial charge on any atom is 0.338 e. The van der Waals surface area contributed by atoms with Gasteiger partial charge in [0, 0.05) is 17.5 Å². The zero-order chi connectivity index (χ0) is 13.5. The second-order valence-electron chi connectivity index (χ2n) is 3.33. The Labute approximate surface area is 102 Å². The number of anilines is 1. The van der Waals surface area contributed by atoms with Gasteiger partial charge in [-0.25, -0.2) is 4.79 Å². The Kier molecular flexibility index (Phi) is 4.48. The highest BCUT2D eigenvalue weighted by molar-refractivity contribution is 5.92. The summed E-state index contributed by atoms with van der Waals surface area (Å²) in [4.78, 5) is 23.9. The quantitative estimate of drug-likeness (QED) is 0.367. The van der Waals surface area contributed by atoms with E-state index in [0.717, 1.165) is 0 Å². The minimum Gasteiger partial charge on any atom is -0.478 e. The van der Waals surface area contributed by atoms with Crippen molar-refractivity contribution in [2.75, 3.05) is 5.32 Å². The van der Waals surface area contributed by atoms with E-state index in [1.54, 1.807) is 24.3 Å². The summed E-state index contributed by atoms with van der Waals surface area (Å²) in [7, 11) is 0. The van der Waals surface area contributed by atoms with Gasteiger partial charge >= 0.3 is 5.97 Å². The lowest BCUT2D eigenvalue weighted by atomic mass is 10.2. The third-order valence-corrected chi connectivity index (χ3v) is 1.91. The number of carboxylic acid groups (broad SMARTS) is 1. The number of rotatable bonds is 4. The van der Waals surface area contributed by atoms with E-state index in [1.807, 2.05) is 0 Å². The number of aliphatic carboxylic acids is 1. The average molecular weight is 246 g/mol. The number of nitrogens with one attached hydrogen (secondary N) is 1. The topological polar surface area (TPSA) is 115 Å². The highest BCUT2D eigenvalue weighted by Crippen LogP contribution is 2.13. The van der Waals surface area contributed by atoms with Gasteiger partial charge in [-0.1, -0.05) is 17.2 Å². The van der Waals surface area contributed by atoms with Crippen LogP contribution in [-0.2, 0) is 9.59 Å². The number of carbonyl (C=O) groups is 2. The second kappa shape index (κ2) is 6.07. The van der Waals surface area contributed by atoms with Crippen molar-refractivity contribution in [3.8, 4) is 0 Å². The maximum atomic E-state index is 10.8. The number of carboxylic acids is 1. The third kappa shape index (κ3) is 3.99. The Balaban J connectivity index is 2.97. The van der Waals surface area contributed by atoms with E-state index in [0.29, 0.717) is 11.3 Å². The molecule has 0 spiro atoms. The van der Waals surface area contributed by atoms with Gasteiger partial charge in [0.15, 0.2) is 0 Å². The van der Waals surface area contributed by atoms with Crippen molar-refractivity contribution in [1.29, 1.82) is 0 Å². The van der Waals surface area contributed by atoms with Crippen molar-refractivity contribution >= 4 is 23.6 Å². The fourth-order valence-electron chi connectivity index (χ4n) is 1.21. The van der Waals surface area contributed by atoms with Crippen LogP contribution in [-0.4, -0.2) is 17.0 Å². The molecule has 0 atom stereocenters. The molecule has 0 aliphatic rings. The number of hydrogen-bond acceptors (Lipinski definition) is 3. The number of hydrogen-bond donors (Lipinski definition) is 2. The molecule has 18 heavy (non-hydrogen) atoms. The van der Waals surface area contributed by atoms with E-state index in [4.69, 9.17) is 10.6 Å². The van der Waals surface area contributed by atoms with Gasteiger partial charge in [0.2, 0.25) is 5.91 Å². The lowest BCUT2D eigenvalue weighted by Gasteiger charge is -2.02. The standard InChI is InChI=1S/C11H10N4O3/c1-7(16)13-9-4-2-8(3-5-9)6-10(11(17)18)14-15-12/h2-6H,1H3,(H,13,16)(H,17,18)/b10-6+. The van der Waals surface area contributed by atoms with E-state index in [-0.39, 0.29) is 5.91 Å². The van der Waals surface area contributed by atoms with Crippen molar-refractivity contribution in [2.45, 2.75) is 6.92 Å². The van der Waals surface area contributed by atoms with E-state index in [2.05, 4.69) is 15.3 Å². The number of amides is 1. The minimum absolute atomic E-state index is 0.196. The molecule has 0 saturated carbocycles. The molecule has 92 valence electrons. The first-order valence-electron chi connectivity index (χ1n) is 4.90. The summed E-state index contributed by atoms with van der Waals surface area (Å²) in [5.41, 5.74) is 8.96. The molecule has 0 saturated heterocycles. The zero-order valence-electron chi connectivity index (χ0n) is 9.49. The van der Waals surface area contributed by atoms with Gasteiger partial charge in [-0.2, -0.15) is 0 Å². The van der Waals surface area contributed by atoms with Crippen molar-refractivity contribution < 1.29 is 14.7 Å².